The van der Waals surface area contributed by atoms with E-state index in [0.29, 0.717) is 0 Å². The zero-order valence-corrected chi connectivity index (χ0v) is 10.6. The number of hydrogen-bond donors (Lipinski definition) is 0. The van der Waals surface area contributed by atoms with Crippen molar-refractivity contribution in [3.8, 4) is 0 Å². The molecule has 0 bridgehead atoms. The van der Waals surface area contributed by atoms with Gasteiger partial charge in [0.2, 0.25) is 0 Å². The predicted molar refractivity (Wildman–Crippen MR) is 75.3 cm³/mol. The van der Waals surface area contributed by atoms with Gasteiger partial charge in [0, 0.05) is 0 Å². The maximum Gasteiger partial charge on any atom is -0.0348 e. The Morgan fingerprint density at radius 1 is 0.750 bits per heavy atom. The van der Waals surface area contributed by atoms with Gasteiger partial charge in [0.1, 0.15) is 0 Å². The molecule has 0 nitrogen and oxygen atoms in total. The summed E-state index contributed by atoms with van der Waals surface area (Å²) in [4.78, 5) is 0. The second kappa shape index (κ2) is 14.0. The van der Waals surface area contributed by atoms with Gasteiger partial charge in [-0.2, -0.15) is 0 Å². The molecular weight excluding hydrogens is 192 g/mol. The molecule has 0 aliphatic rings. The molecule has 16 heavy (non-hydrogen) atoms. The molecule has 0 aliphatic carbocycles. The van der Waals surface area contributed by atoms with Crippen LogP contribution >= 0.6 is 0 Å². The van der Waals surface area contributed by atoms with Crippen LogP contribution in [0.15, 0.2) is 48.6 Å². The van der Waals surface area contributed by atoms with Gasteiger partial charge in [-0.05, 0) is 19.3 Å². The van der Waals surface area contributed by atoms with E-state index in [9.17, 15) is 0 Å². The fraction of sp³-hybridized carbons (Fsp3) is 0.438. The lowest BCUT2D eigenvalue weighted by molar-refractivity contribution is 0.760. The summed E-state index contributed by atoms with van der Waals surface area (Å²) in [5.74, 6) is 0. The van der Waals surface area contributed by atoms with Crippen molar-refractivity contribution < 1.29 is 0 Å². The van der Waals surface area contributed by atoms with E-state index in [-0.39, 0.29) is 0 Å². The number of unbranched alkanes of at least 4 members (excludes halogenated alkanes) is 4. The molecule has 0 unspecified atom stereocenters. The van der Waals surface area contributed by atoms with Crippen molar-refractivity contribution in [1.29, 1.82) is 0 Å². The summed E-state index contributed by atoms with van der Waals surface area (Å²) >= 11 is 0. The van der Waals surface area contributed by atoms with Gasteiger partial charge in [0.15, 0.2) is 0 Å². The number of hydrogen-bond acceptors (Lipinski definition) is 0. The molecule has 0 saturated carbocycles. The van der Waals surface area contributed by atoms with Crippen LogP contribution in [0.3, 0.4) is 0 Å². The van der Waals surface area contributed by atoms with E-state index >= 15 is 0 Å². The minimum atomic E-state index is 1.05. The average molecular weight is 217 g/mol. The van der Waals surface area contributed by atoms with Gasteiger partial charge in [-0.1, -0.05) is 81.7 Å². The van der Waals surface area contributed by atoms with E-state index < -0.39 is 0 Å². The number of rotatable bonds is 9. The largest absolute Gasteiger partial charge is 0.0845 e. The second-order valence-corrected chi connectivity index (χ2v) is 3.76. The molecule has 0 aromatic heterocycles. The molecular formula is C16H25. The van der Waals surface area contributed by atoms with Crippen LogP contribution in [0.1, 0.15) is 45.4 Å². The summed E-state index contributed by atoms with van der Waals surface area (Å²) in [6.45, 7) is 6.01. The highest BCUT2D eigenvalue weighted by atomic mass is 13.9. The predicted octanol–water partition coefficient (Wildman–Crippen LogP) is 5.41. The van der Waals surface area contributed by atoms with Crippen molar-refractivity contribution >= 4 is 0 Å². The van der Waals surface area contributed by atoms with Crippen LogP contribution in [0.2, 0.25) is 0 Å². The van der Waals surface area contributed by atoms with E-state index in [1.807, 2.05) is 0 Å². The summed E-state index contributed by atoms with van der Waals surface area (Å²) in [5, 5.41) is 0. The Bertz CT molecular complexity index is 228. The van der Waals surface area contributed by atoms with Crippen LogP contribution in [-0.4, -0.2) is 0 Å². The molecule has 89 valence electrons. The quantitative estimate of drug-likeness (QED) is 0.358. The summed E-state index contributed by atoms with van der Waals surface area (Å²) in [6, 6.07) is 0. The molecule has 0 amide bonds. The fourth-order valence-electron chi connectivity index (χ4n) is 1.21. The third kappa shape index (κ3) is 13.0. The SMILES string of the molecule is [CH2]CCCCC=CC=CC=CC=CCCC. The van der Waals surface area contributed by atoms with Crippen molar-refractivity contribution in [3.05, 3.63) is 55.5 Å². The van der Waals surface area contributed by atoms with Crippen molar-refractivity contribution in [2.45, 2.75) is 45.4 Å². The molecule has 0 rings (SSSR count). The monoisotopic (exact) mass is 217 g/mol. The van der Waals surface area contributed by atoms with E-state index in [0.717, 1.165) is 6.42 Å². The normalized spacial score (nSPS) is 12.9. The van der Waals surface area contributed by atoms with Crippen molar-refractivity contribution in [1.82, 2.24) is 0 Å². The van der Waals surface area contributed by atoms with E-state index in [1.54, 1.807) is 0 Å². The molecule has 0 aromatic rings. The van der Waals surface area contributed by atoms with Gasteiger partial charge in [-0.15, -0.1) is 0 Å². The summed E-state index contributed by atoms with van der Waals surface area (Å²) in [5.41, 5.74) is 0. The van der Waals surface area contributed by atoms with Gasteiger partial charge in [-0.25, -0.2) is 0 Å². The lowest BCUT2D eigenvalue weighted by atomic mass is 10.2. The molecule has 0 aromatic carbocycles. The average Bonchev–Trinajstić information content (AvgIpc) is 2.31. The molecule has 0 saturated heterocycles. The highest BCUT2D eigenvalue weighted by Crippen LogP contribution is 1.99. The maximum absolute atomic E-state index is 3.82. The van der Waals surface area contributed by atoms with Gasteiger partial charge < -0.3 is 0 Å². The lowest BCUT2D eigenvalue weighted by Gasteiger charge is -1.89. The Labute approximate surface area is 101 Å². The highest BCUT2D eigenvalue weighted by molar-refractivity contribution is 5.15. The summed E-state index contributed by atoms with van der Waals surface area (Å²) in [6.07, 6.45) is 24.0. The smallest absolute Gasteiger partial charge is 0.0348 e. The molecule has 1 radical (unpaired) electrons. The minimum absolute atomic E-state index is 1.05. The van der Waals surface area contributed by atoms with Gasteiger partial charge in [0.05, 0.1) is 0 Å². The van der Waals surface area contributed by atoms with Crippen LogP contribution in [-0.2, 0) is 0 Å². The Kier molecular flexibility index (Phi) is 13.1. The van der Waals surface area contributed by atoms with Crippen LogP contribution < -0.4 is 0 Å². The van der Waals surface area contributed by atoms with Crippen LogP contribution in [0.25, 0.3) is 0 Å². The molecule has 0 heterocycles. The Balaban J connectivity index is 3.45. The first-order valence-electron chi connectivity index (χ1n) is 6.36. The first-order chi connectivity index (χ1) is 7.91. The van der Waals surface area contributed by atoms with Crippen LogP contribution in [0, 0.1) is 6.92 Å². The first-order valence-corrected chi connectivity index (χ1v) is 6.36. The van der Waals surface area contributed by atoms with Crippen LogP contribution in [0.4, 0.5) is 0 Å². The van der Waals surface area contributed by atoms with Gasteiger partial charge >= 0.3 is 0 Å². The van der Waals surface area contributed by atoms with E-state index in [2.05, 4.69) is 62.5 Å². The van der Waals surface area contributed by atoms with Gasteiger partial charge in [-0.3, -0.25) is 0 Å². The molecule has 0 aliphatic heterocycles. The molecule has 0 fully saturated rings. The zero-order chi connectivity index (χ0) is 11.9. The standard InChI is InChI=1S/C16H25/c1-3-5-7-9-11-13-15-16-14-12-10-8-6-4-2/h8,10-16H,1,3-7,9H2,2H3. The molecule has 0 spiro atoms. The Morgan fingerprint density at radius 3 is 1.88 bits per heavy atom. The minimum Gasteiger partial charge on any atom is -0.0845 e. The molecule has 0 atom stereocenters. The van der Waals surface area contributed by atoms with Crippen molar-refractivity contribution in [2.75, 3.05) is 0 Å². The van der Waals surface area contributed by atoms with Crippen LogP contribution in [0.5, 0.6) is 0 Å². The molecule has 0 heteroatoms. The van der Waals surface area contributed by atoms with Crippen molar-refractivity contribution in [3.63, 3.8) is 0 Å². The lowest BCUT2D eigenvalue weighted by Crippen LogP contribution is -1.69. The van der Waals surface area contributed by atoms with Gasteiger partial charge in [0.25, 0.3) is 0 Å². The zero-order valence-electron chi connectivity index (χ0n) is 10.6. The molecule has 0 N–H and O–H groups in total. The van der Waals surface area contributed by atoms with E-state index in [4.69, 9.17) is 0 Å². The first kappa shape index (κ1) is 15.0. The van der Waals surface area contributed by atoms with Crippen molar-refractivity contribution in [2.24, 2.45) is 0 Å². The Hall–Kier alpha value is -1.04. The maximum atomic E-state index is 3.82. The summed E-state index contributed by atoms with van der Waals surface area (Å²) < 4.78 is 0. The third-order valence-electron chi connectivity index (χ3n) is 2.15. The highest BCUT2D eigenvalue weighted by Gasteiger charge is 1.79. The third-order valence-corrected chi connectivity index (χ3v) is 2.15. The Morgan fingerprint density at radius 2 is 1.31 bits per heavy atom. The summed E-state index contributed by atoms with van der Waals surface area (Å²) in [7, 11) is 0. The number of allylic oxidation sites excluding steroid dienone is 8. The topological polar surface area (TPSA) is 0 Å². The second-order valence-electron chi connectivity index (χ2n) is 3.76. The fourth-order valence-corrected chi connectivity index (χ4v) is 1.21. The van der Waals surface area contributed by atoms with E-state index in [1.165, 1.54) is 32.1 Å².